The highest BCUT2D eigenvalue weighted by molar-refractivity contribution is 6.02. The van der Waals surface area contributed by atoms with E-state index in [0.29, 0.717) is 18.0 Å². The highest BCUT2D eigenvalue weighted by atomic mass is 16.5. The van der Waals surface area contributed by atoms with Gasteiger partial charge in [-0.05, 0) is 36.4 Å². The van der Waals surface area contributed by atoms with E-state index in [2.05, 4.69) is 0 Å². The molecule has 136 valence electrons. The van der Waals surface area contributed by atoms with Gasteiger partial charge in [-0.25, -0.2) is 0 Å². The monoisotopic (exact) mass is 363 g/mol. The number of carbonyl (C=O) groups is 2. The zero-order valence-electron chi connectivity index (χ0n) is 14.3. The van der Waals surface area contributed by atoms with Gasteiger partial charge in [0.05, 0.1) is 18.6 Å². The van der Waals surface area contributed by atoms with E-state index in [4.69, 9.17) is 9.47 Å². The van der Waals surface area contributed by atoms with Gasteiger partial charge in [-0.2, -0.15) is 0 Å². The Kier molecular flexibility index (Phi) is 3.39. The molecule has 2 fully saturated rings. The molecule has 1 N–H and O–H groups in total. The Bertz CT molecular complexity index is 939. The predicted octanol–water partition coefficient (Wildman–Crippen LogP) is 2.85. The molecule has 1 spiro atoms. The van der Waals surface area contributed by atoms with E-state index in [1.807, 2.05) is 36.4 Å². The standard InChI is InChI=1S/C21H17NO5/c23-19-18-17(20(24)25)16-10-11-21(18,27-16)12-22(19)13-6-8-15(9-7-13)26-14-4-2-1-3-5-14/h1-11,16-18H,12H2,(H,24,25)/t16-,17+,18+,21+/m0/s1. The summed E-state index contributed by atoms with van der Waals surface area (Å²) in [4.78, 5) is 26.2. The quantitative estimate of drug-likeness (QED) is 0.846. The van der Waals surface area contributed by atoms with E-state index < -0.39 is 29.5 Å². The van der Waals surface area contributed by atoms with Crippen molar-refractivity contribution >= 4 is 17.6 Å². The number of anilines is 1. The zero-order chi connectivity index (χ0) is 18.6. The van der Waals surface area contributed by atoms with Crippen molar-refractivity contribution in [1.82, 2.24) is 0 Å². The van der Waals surface area contributed by atoms with Gasteiger partial charge in [0.25, 0.3) is 0 Å². The Labute approximate surface area is 155 Å². The number of carboxylic acids is 1. The fourth-order valence-electron chi connectivity index (χ4n) is 4.32. The molecular weight excluding hydrogens is 346 g/mol. The lowest BCUT2D eigenvalue weighted by molar-refractivity contribution is -0.146. The van der Waals surface area contributed by atoms with Crippen LogP contribution < -0.4 is 9.64 Å². The molecule has 6 heteroatoms. The molecule has 0 aliphatic carbocycles. The lowest BCUT2D eigenvalue weighted by Crippen LogP contribution is -2.39. The maximum atomic E-state index is 13.0. The molecule has 0 saturated carbocycles. The van der Waals surface area contributed by atoms with Crippen LogP contribution in [0.3, 0.4) is 0 Å². The lowest BCUT2D eigenvalue weighted by atomic mass is 9.77. The van der Waals surface area contributed by atoms with Crippen LogP contribution in [0.5, 0.6) is 11.5 Å². The number of benzene rings is 2. The second kappa shape index (κ2) is 5.69. The molecule has 2 bridgehead atoms. The Hall–Kier alpha value is -3.12. The Morgan fingerprint density at radius 3 is 2.52 bits per heavy atom. The number of amides is 1. The first-order chi connectivity index (χ1) is 13.1. The molecule has 0 unspecified atom stereocenters. The van der Waals surface area contributed by atoms with Crippen LogP contribution in [0.1, 0.15) is 0 Å². The third-order valence-electron chi connectivity index (χ3n) is 5.51. The first-order valence-electron chi connectivity index (χ1n) is 8.82. The first kappa shape index (κ1) is 16.1. The second-order valence-electron chi connectivity index (χ2n) is 7.07. The summed E-state index contributed by atoms with van der Waals surface area (Å²) in [6, 6.07) is 16.6. The topological polar surface area (TPSA) is 76.1 Å². The molecule has 6 nitrogen and oxygen atoms in total. The molecule has 3 aliphatic rings. The molecule has 2 aromatic carbocycles. The van der Waals surface area contributed by atoms with Crippen molar-refractivity contribution in [3.8, 4) is 11.5 Å². The van der Waals surface area contributed by atoms with Crippen LogP contribution in [0.25, 0.3) is 0 Å². The molecule has 2 saturated heterocycles. The molecular formula is C21H17NO5. The van der Waals surface area contributed by atoms with Gasteiger partial charge in [0.1, 0.15) is 23.0 Å². The summed E-state index contributed by atoms with van der Waals surface area (Å²) in [5.74, 6) is -1.30. The number of para-hydroxylation sites is 1. The van der Waals surface area contributed by atoms with Gasteiger partial charge in [-0.1, -0.05) is 30.4 Å². The summed E-state index contributed by atoms with van der Waals surface area (Å²) in [5.41, 5.74) is -0.127. The summed E-state index contributed by atoms with van der Waals surface area (Å²) in [7, 11) is 0. The van der Waals surface area contributed by atoms with Crippen molar-refractivity contribution in [3.63, 3.8) is 0 Å². The Morgan fingerprint density at radius 1 is 1.11 bits per heavy atom. The predicted molar refractivity (Wildman–Crippen MR) is 96.7 cm³/mol. The van der Waals surface area contributed by atoms with Crippen LogP contribution >= 0.6 is 0 Å². The van der Waals surface area contributed by atoms with Gasteiger partial charge in [0, 0.05) is 5.69 Å². The van der Waals surface area contributed by atoms with Crippen LogP contribution in [-0.4, -0.2) is 35.2 Å². The molecule has 0 aromatic heterocycles. The van der Waals surface area contributed by atoms with Gasteiger partial charge in [0.15, 0.2) is 0 Å². The summed E-state index contributed by atoms with van der Waals surface area (Å²) >= 11 is 0. The number of carbonyl (C=O) groups excluding carboxylic acids is 1. The summed E-state index contributed by atoms with van der Waals surface area (Å²) in [5, 5.41) is 9.53. The van der Waals surface area contributed by atoms with Gasteiger partial charge in [-0.15, -0.1) is 0 Å². The number of aliphatic carboxylic acids is 1. The Balaban J connectivity index is 1.39. The zero-order valence-corrected chi connectivity index (χ0v) is 14.3. The smallest absolute Gasteiger partial charge is 0.310 e. The molecule has 1 amide bonds. The van der Waals surface area contributed by atoms with Gasteiger partial charge in [0.2, 0.25) is 5.91 Å². The van der Waals surface area contributed by atoms with Crippen LogP contribution in [0.15, 0.2) is 66.7 Å². The second-order valence-corrected chi connectivity index (χ2v) is 7.07. The minimum absolute atomic E-state index is 0.203. The molecule has 3 heterocycles. The normalized spacial score (nSPS) is 30.6. The van der Waals surface area contributed by atoms with E-state index in [0.717, 1.165) is 5.75 Å². The highest BCUT2D eigenvalue weighted by Crippen LogP contribution is 2.52. The van der Waals surface area contributed by atoms with E-state index in [9.17, 15) is 14.7 Å². The molecule has 4 atom stereocenters. The third kappa shape index (κ3) is 2.37. The lowest BCUT2D eigenvalue weighted by Gasteiger charge is -2.21. The Morgan fingerprint density at radius 2 is 1.81 bits per heavy atom. The van der Waals surface area contributed by atoms with E-state index >= 15 is 0 Å². The number of rotatable bonds is 4. The third-order valence-corrected chi connectivity index (χ3v) is 5.51. The van der Waals surface area contributed by atoms with Crippen molar-refractivity contribution in [2.75, 3.05) is 11.4 Å². The van der Waals surface area contributed by atoms with E-state index in [-0.39, 0.29) is 5.91 Å². The molecule has 2 aromatic rings. The van der Waals surface area contributed by atoms with Crippen LogP contribution in [-0.2, 0) is 14.3 Å². The summed E-state index contributed by atoms with van der Waals surface area (Å²) in [6.07, 6.45) is 3.11. The molecule has 27 heavy (non-hydrogen) atoms. The van der Waals surface area contributed by atoms with Crippen molar-refractivity contribution in [3.05, 3.63) is 66.7 Å². The first-order valence-corrected chi connectivity index (χ1v) is 8.82. The largest absolute Gasteiger partial charge is 0.481 e. The van der Waals surface area contributed by atoms with Crippen LogP contribution in [0.4, 0.5) is 5.69 Å². The maximum absolute atomic E-state index is 13.0. The molecule has 0 radical (unpaired) electrons. The fraction of sp³-hybridized carbons (Fsp3) is 0.238. The minimum atomic E-state index is -0.988. The number of nitrogens with zero attached hydrogens (tertiary/aromatic N) is 1. The minimum Gasteiger partial charge on any atom is -0.481 e. The molecule has 3 aliphatic heterocycles. The maximum Gasteiger partial charge on any atom is 0.310 e. The highest BCUT2D eigenvalue weighted by Gasteiger charge is 2.67. The van der Waals surface area contributed by atoms with Gasteiger partial charge >= 0.3 is 5.97 Å². The van der Waals surface area contributed by atoms with Crippen molar-refractivity contribution in [1.29, 1.82) is 0 Å². The van der Waals surface area contributed by atoms with E-state index in [1.165, 1.54) is 0 Å². The number of ether oxygens (including phenoxy) is 2. The fourth-order valence-corrected chi connectivity index (χ4v) is 4.32. The van der Waals surface area contributed by atoms with Crippen LogP contribution in [0.2, 0.25) is 0 Å². The number of fused-ring (bicyclic) bond motifs is 1. The SMILES string of the molecule is O=C(O)[C@@H]1[C@@H]2C=C[C@]3(CN(c4ccc(Oc5ccccc5)cc4)C(=O)[C@@H]13)O2. The van der Waals surface area contributed by atoms with Crippen molar-refractivity contribution in [2.45, 2.75) is 11.7 Å². The van der Waals surface area contributed by atoms with Crippen molar-refractivity contribution in [2.24, 2.45) is 11.8 Å². The van der Waals surface area contributed by atoms with Gasteiger partial charge < -0.3 is 19.5 Å². The van der Waals surface area contributed by atoms with Crippen molar-refractivity contribution < 1.29 is 24.2 Å². The number of hydrogen-bond donors (Lipinski definition) is 1. The van der Waals surface area contributed by atoms with Crippen LogP contribution in [0, 0.1) is 11.8 Å². The average Bonchev–Trinajstić information content (AvgIpc) is 3.31. The number of hydrogen-bond acceptors (Lipinski definition) is 4. The van der Waals surface area contributed by atoms with Gasteiger partial charge in [-0.3, -0.25) is 9.59 Å². The number of carboxylic acid groups (broad SMARTS) is 1. The van der Waals surface area contributed by atoms with E-state index in [1.54, 1.807) is 35.2 Å². The molecule has 5 rings (SSSR count). The summed E-state index contributed by atoms with van der Waals surface area (Å²) in [6.45, 7) is 0.326. The summed E-state index contributed by atoms with van der Waals surface area (Å²) < 4.78 is 11.7. The average molecular weight is 363 g/mol.